The minimum absolute atomic E-state index is 0.118. The maximum Gasteiger partial charge on any atom is 0.261 e. The van der Waals surface area contributed by atoms with Crippen molar-refractivity contribution in [1.29, 1.82) is 0 Å². The van der Waals surface area contributed by atoms with Crippen molar-refractivity contribution >= 4 is 5.91 Å². The number of carbonyl (C=O) groups excluding carboxylic acids is 1. The Morgan fingerprint density at radius 3 is 2.56 bits per heavy atom. The number of benzene rings is 2. The fraction of sp³-hybridized carbons (Fsp3) is 0.409. The van der Waals surface area contributed by atoms with Gasteiger partial charge in [0.1, 0.15) is 11.4 Å². The molecule has 1 heterocycles. The Balaban J connectivity index is 1.77. The maximum absolute atomic E-state index is 12.9. The first-order chi connectivity index (χ1) is 12.9. The van der Waals surface area contributed by atoms with Gasteiger partial charge in [0.15, 0.2) is 17.6 Å². The summed E-state index contributed by atoms with van der Waals surface area (Å²) in [5.74, 6) is 1.86. The Morgan fingerprint density at radius 2 is 1.85 bits per heavy atom. The van der Waals surface area contributed by atoms with Gasteiger partial charge in [-0.25, -0.2) is 0 Å². The molecule has 1 aliphatic heterocycles. The average Bonchev–Trinajstić information content (AvgIpc) is 2.65. The minimum atomic E-state index is -0.598. The first kappa shape index (κ1) is 19.1. The van der Waals surface area contributed by atoms with Crippen molar-refractivity contribution in [3.05, 3.63) is 54.1 Å². The second-order valence-electron chi connectivity index (χ2n) is 7.33. The molecular formula is C22H27NO4. The molecule has 2 atom stereocenters. The molecule has 0 aromatic heterocycles. The normalized spacial score (nSPS) is 18.6. The standard InChI is InChI=1S/C22H27NO4/c1-5-17(26-20-13-9-8-12-19(20)25-4)21(24)23-16-14-22(2,3)27-18-11-7-6-10-15(16)18/h6-13,16-17H,5,14H2,1-4H3,(H,23,24). The van der Waals surface area contributed by atoms with Crippen LogP contribution >= 0.6 is 0 Å². The zero-order valence-electron chi connectivity index (χ0n) is 16.3. The van der Waals surface area contributed by atoms with Gasteiger partial charge in [-0.1, -0.05) is 37.3 Å². The summed E-state index contributed by atoms with van der Waals surface area (Å²) < 4.78 is 17.3. The number of hydrogen-bond donors (Lipinski definition) is 1. The van der Waals surface area contributed by atoms with Crippen molar-refractivity contribution in [2.75, 3.05) is 7.11 Å². The smallest absolute Gasteiger partial charge is 0.261 e. The van der Waals surface area contributed by atoms with Gasteiger partial charge in [-0.3, -0.25) is 4.79 Å². The topological polar surface area (TPSA) is 56.8 Å². The van der Waals surface area contributed by atoms with Crippen molar-refractivity contribution in [3.63, 3.8) is 0 Å². The van der Waals surface area contributed by atoms with Crippen LogP contribution in [0.5, 0.6) is 17.2 Å². The summed E-state index contributed by atoms with van der Waals surface area (Å²) >= 11 is 0. The third-order valence-corrected chi connectivity index (χ3v) is 4.69. The van der Waals surface area contributed by atoms with E-state index < -0.39 is 6.10 Å². The van der Waals surface area contributed by atoms with Gasteiger partial charge in [-0.05, 0) is 38.5 Å². The summed E-state index contributed by atoms with van der Waals surface area (Å²) in [4.78, 5) is 12.9. The summed E-state index contributed by atoms with van der Waals surface area (Å²) in [5.41, 5.74) is 0.648. The van der Waals surface area contributed by atoms with E-state index in [1.807, 2.05) is 69.3 Å². The molecular weight excluding hydrogens is 342 g/mol. The second-order valence-corrected chi connectivity index (χ2v) is 7.33. The lowest BCUT2D eigenvalue weighted by molar-refractivity contribution is -0.129. The Morgan fingerprint density at radius 1 is 1.19 bits per heavy atom. The van der Waals surface area contributed by atoms with Gasteiger partial charge in [0.2, 0.25) is 0 Å². The van der Waals surface area contributed by atoms with Crippen LogP contribution in [-0.2, 0) is 4.79 Å². The Bertz CT molecular complexity index is 802. The molecule has 0 fully saturated rings. The van der Waals surface area contributed by atoms with Crippen molar-refractivity contribution in [1.82, 2.24) is 5.32 Å². The lowest BCUT2D eigenvalue weighted by atomic mass is 9.89. The molecule has 3 rings (SSSR count). The highest BCUT2D eigenvalue weighted by Crippen LogP contribution is 2.39. The molecule has 5 heteroatoms. The van der Waals surface area contributed by atoms with E-state index in [-0.39, 0.29) is 17.6 Å². The van der Waals surface area contributed by atoms with Crippen LogP contribution in [0.3, 0.4) is 0 Å². The maximum atomic E-state index is 12.9. The fourth-order valence-corrected chi connectivity index (χ4v) is 3.39. The number of carbonyl (C=O) groups is 1. The van der Waals surface area contributed by atoms with Crippen LogP contribution in [0.4, 0.5) is 0 Å². The molecule has 1 amide bonds. The van der Waals surface area contributed by atoms with E-state index in [4.69, 9.17) is 14.2 Å². The van der Waals surface area contributed by atoms with Gasteiger partial charge in [0, 0.05) is 12.0 Å². The summed E-state index contributed by atoms with van der Waals surface area (Å²) in [6.45, 7) is 6.00. The number of methoxy groups -OCH3 is 1. The van der Waals surface area contributed by atoms with Crippen LogP contribution < -0.4 is 19.5 Å². The van der Waals surface area contributed by atoms with Crippen molar-refractivity contribution in [2.45, 2.75) is 51.4 Å². The number of amides is 1. The molecule has 0 spiro atoms. The molecule has 1 N–H and O–H groups in total. The molecule has 5 nitrogen and oxygen atoms in total. The van der Waals surface area contributed by atoms with E-state index in [2.05, 4.69) is 5.32 Å². The van der Waals surface area contributed by atoms with Crippen LogP contribution in [0, 0.1) is 0 Å². The molecule has 0 radical (unpaired) electrons. The monoisotopic (exact) mass is 369 g/mol. The fourth-order valence-electron chi connectivity index (χ4n) is 3.39. The van der Waals surface area contributed by atoms with E-state index in [1.165, 1.54) is 0 Å². The van der Waals surface area contributed by atoms with Gasteiger partial charge in [-0.2, -0.15) is 0 Å². The molecule has 2 aromatic carbocycles. The predicted octanol–water partition coefficient (Wildman–Crippen LogP) is 4.27. The average molecular weight is 369 g/mol. The van der Waals surface area contributed by atoms with Crippen molar-refractivity contribution in [2.24, 2.45) is 0 Å². The molecule has 2 unspecified atom stereocenters. The van der Waals surface area contributed by atoms with E-state index in [1.54, 1.807) is 7.11 Å². The van der Waals surface area contributed by atoms with Crippen LogP contribution in [-0.4, -0.2) is 24.7 Å². The van der Waals surface area contributed by atoms with Gasteiger partial charge < -0.3 is 19.5 Å². The van der Waals surface area contributed by atoms with Gasteiger partial charge >= 0.3 is 0 Å². The largest absolute Gasteiger partial charge is 0.493 e. The lowest BCUT2D eigenvalue weighted by Crippen LogP contribution is -2.45. The molecule has 0 saturated heterocycles. The van der Waals surface area contributed by atoms with Crippen LogP contribution in [0.2, 0.25) is 0 Å². The second kappa shape index (κ2) is 7.91. The molecule has 144 valence electrons. The van der Waals surface area contributed by atoms with E-state index >= 15 is 0 Å². The number of nitrogens with one attached hydrogen (secondary N) is 1. The van der Waals surface area contributed by atoms with E-state index in [0.717, 1.165) is 11.3 Å². The summed E-state index contributed by atoms with van der Waals surface area (Å²) in [6.07, 6.45) is 0.651. The predicted molar refractivity (Wildman–Crippen MR) is 104 cm³/mol. The molecule has 1 aliphatic rings. The van der Waals surface area contributed by atoms with Gasteiger partial charge in [0.25, 0.3) is 5.91 Å². The number of rotatable bonds is 6. The van der Waals surface area contributed by atoms with Crippen LogP contribution in [0.15, 0.2) is 48.5 Å². The zero-order chi connectivity index (χ0) is 19.4. The van der Waals surface area contributed by atoms with Crippen LogP contribution in [0.25, 0.3) is 0 Å². The number of hydrogen-bond acceptors (Lipinski definition) is 4. The number of ether oxygens (including phenoxy) is 3. The summed E-state index contributed by atoms with van der Waals surface area (Å²) in [5, 5.41) is 3.15. The van der Waals surface area contributed by atoms with Gasteiger partial charge in [0.05, 0.1) is 13.2 Å². The van der Waals surface area contributed by atoms with Gasteiger partial charge in [-0.15, -0.1) is 0 Å². The summed E-state index contributed by atoms with van der Waals surface area (Å²) in [6, 6.07) is 15.1. The first-order valence-corrected chi connectivity index (χ1v) is 9.31. The van der Waals surface area contributed by atoms with E-state index in [0.29, 0.717) is 24.3 Å². The third kappa shape index (κ3) is 4.35. The lowest BCUT2D eigenvalue weighted by Gasteiger charge is -2.38. The minimum Gasteiger partial charge on any atom is -0.493 e. The number of fused-ring (bicyclic) bond motifs is 1. The highest BCUT2D eigenvalue weighted by Gasteiger charge is 2.35. The Labute approximate surface area is 160 Å². The summed E-state index contributed by atoms with van der Waals surface area (Å²) in [7, 11) is 1.59. The van der Waals surface area contributed by atoms with Crippen molar-refractivity contribution in [3.8, 4) is 17.2 Å². The first-order valence-electron chi connectivity index (χ1n) is 9.31. The molecule has 2 aromatic rings. The molecule has 27 heavy (non-hydrogen) atoms. The SMILES string of the molecule is CCC(Oc1ccccc1OC)C(=O)NC1CC(C)(C)Oc2ccccc21. The molecule has 0 aliphatic carbocycles. The highest BCUT2D eigenvalue weighted by molar-refractivity contribution is 5.81. The molecule has 0 bridgehead atoms. The van der Waals surface area contributed by atoms with E-state index in [9.17, 15) is 4.79 Å². The highest BCUT2D eigenvalue weighted by atomic mass is 16.5. The molecule has 0 saturated carbocycles. The quantitative estimate of drug-likeness (QED) is 0.826. The van der Waals surface area contributed by atoms with Crippen molar-refractivity contribution < 1.29 is 19.0 Å². The Kier molecular flexibility index (Phi) is 5.59. The third-order valence-electron chi connectivity index (χ3n) is 4.69. The van der Waals surface area contributed by atoms with Crippen LogP contribution in [0.1, 0.15) is 45.2 Å². The Hall–Kier alpha value is -2.69. The zero-order valence-corrected chi connectivity index (χ0v) is 16.3. The number of para-hydroxylation sites is 3.